The second-order valence-electron chi connectivity index (χ2n) is 4.55. The molecule has 0 aromatic carbocycles. The van der Waals surface area contributed by atoms with Crippen molar-refractivity contribution in [2.24, 2.45) is 5.92 Å². The second-order valence-corrected chi connectivity index (χ2v) is 6.48. The third kappa shape index (κ3) is 2.62. The average molecular weight is 294 g/mol. The lowest BCUT2D eigenvalue weighted by Crippen LogP contribution is -2.38. The Bertz CT molecular complexity index is 566. The predicted octanol–water partition coefficient (Wildman–Crippen LogP) is 2.28. The Morgan fingerprint density at radius 1 is 1.47 bits per heavy atom. The first kappa shape index (κ1) is 12.6. The lowest BCUT2D eigenvalue weighted by atomic mass is 9.93. The molecule has 2 N–H and O–H groups in total. The first-order valence-corrected chi connectivity index (χ1v) is 7.85. The Morgan fingerprint density at radius 3 is 3.05 bits per heavy atom. The van der Waals surface area contributed by atoms with Crippen LogP contribution in [-0.4, -0.2) is 29.1 Å². The fourth-order valence-corrected chi connectivity index (χ4v) is 3.73. The van der Waals surface area contributed by atoms with Crippen molar-refractivity contribution in [3.8, 4) is 0 Å². The van der Waals surface area contributed by atoms with Crippen LogP contribution in [0.15, 0.2) is 17.5 Å². The molecular weight excluding hydrogens is 280 g/mol. The van der Waals surface area contributed by atoms with E-state index < -0.39 is 0 Å². The van der Waals surface area contributed by atoms with Crippen LogP contribution in [0, 0.1) is 5.92 Å². The summed E-state index contributed by atoms with van der Waals surface area (Å²) in [7, 11) is 0. The van der Waals surface area contributed by atoms with Crippen LogP contribution in [0.4, 0.5) is 10.3 Å². The number of aromatic nitrogens is 2. The van der Waals surface area contributed by atoms with Crippen molar-refractivity contribution in [2.45, 2.75) is 12.8 Å². The van der Waals surface area contributed by atoms with Gasteiger partial charge in [-0.2, -0.15) is 0 Å². The van der Waals surface area contributed by atoms with Crippen LogP contribution in [0.3, 0.4) is 0 Å². The summed E-state index contributed by atoms with van der Waals surface area (Å²) in [6, 6.07) is 3.82. The fraction of sp³-hybridized carbons (Fsp3) is 0.417. The molecule has 0 radical (unpaired) electrons. The average Bonchev–Trinajstić information content (AvgIpc) is 3.09. The number of hydrogen-bond acceptors (Lipinski definition) is 7. The smallest absolute Gasteiger partial charge is 0.210 e. The van der Waals surface area contributed by atoms with Crippen molar-refractivity contribution < 1.29 is 4.79 Å². The summed E-state index contributed by atoms with van der Waals surface area (Å²) in [5.74, 6) is 0.301. The van der Waals surface area contributed by atoms with Crippen LogP contribution in [0.1, 0.15) is 22.5 Å². The number of anilines is 2. The van der Waals surface area contributed by atoms with E-state index in [1.807, 2.05) is 17.5 Å². The number of nitrogen functional groups attached to an aromatic ring is 1. The summed E-state index contributed by atoms with van der Waals surface area (Å²) < 4.78 is 0. The maximum Gasteiger partial charge on any atom is 0.210 e. The highest BCUT2D eigenvalue weighted by molar-refractivity contribution is 7.18. The summed E-state index contributed by atoms with van der Waals surface area (Å²) in [4.78, 5) is 15.3. The van der Waals surface area contributed by atoms with Gasteiger partial charge in [0.2, 0.25) is 10.3 Å². The van der Waals surface area contributed by atoms with Gasteiger partial charge in [-0.25, -0.2) is 0 Å². The quantitative estimate of drug-likeness (QED) is 0.879. The number of piperidine rings is 1. The first-order valence-electron chi connectivity index (χ1n) is 6.15. The highest BCUT2D eigenvalue weighted by Crippen LogP contribution is 2.29. The van der Waals surface area contributed by atoms with E-state index in [0.29, 0.717) is 11.7 Å². The molecule has 1 fully saturated rings. The molecule has 19 heavy (non-hydrogen) atoms. The number of nitrogens with two attached hydrogens (primary N) is 1. The van der Waals surface area contributed by atoms with Crippen molar-refractivity contribution in [1.29, 1.82) is 0 Å². The maximum atomic E-state index is 12.4. The standard InChI is InChI=1S/C12H14N4OS2/c13-11-14-15-12(19-11)16-5-1-3-8(7-16)10(17)9-4-2-6-18-9/h2,4,6,8H,1,3,5,7H2,(H2,13,14). The Morgan fingerprint density at radius 2 is 2.37 bits per heavy atom. The number of nitrogens with zero attached hydrogens (tertiary/aromatic N) is 3. The van der Waals surface area contributed by atoms with Crippen molar-refractivity contribution in [3.05, 3.63) is 22.4 Å². The minimum atomic E-state index is 0.0533. The van der Waals surface area contributed by atoms with Crippen LogP contribution in [0.25, 0.3) is 0 Å². The SMILES string of the molecule is Nc1nnc(N2CCCC(C(=O)c3cccs3)C2)s1. The molecule has 5 nitrogen and oxygen atoms in total. The minimum absolute atomic E-state index is 0.0533. The van der Waals surface area contributed by atoms with Gasteiger partial charge in [-0.3, -0.25) is 4.79 Å². The molecule has 2 aromatic heterocycles. The van der Waals surface area contributed by atoms with Crippen LogP contribution in [0.5, 0.6) is 0 Å². The third-order valence-electron chi connectivity index (χ3n) is 3.26. The highest BCUT2D eigenvalue weighted by atomic mass is 32.1. The number of thiophene rings is 1. The van der Waals surface area contributed by atoms with E-state index in [2.05, 4.69) is 15.1 Å². The number of carbonyl (C=O) groups excluding carboxylic acids is 1. The Balaban J connectivity index is 1.73. The molecule has 0 saturated carbocycles. The van der Waals surface area contributed by atoms with Gasteiger partial charge >= 0.3 is 0 Å². The summed E-state index contributed by atoms with van der Waals surface area (Å²) in [6.07, 6.45) is 1.95. The second kappa shape index (κ2) is 5.26. The molecule has 1 aliphatic rings. The summed E-state index contributed by atoms with van der Waals surface area (Å²) in [5.41, 5.74) is 5.61. The van der Waals surface area contributed by atoms with E-state index in [-0.39, 0.29) is 11.7 Å². The van der Waals surface area contributed by atoms with Gasteiger partial charge in [0.1, 0.15) is 0 Å². The highest BCUT2D eigenvalue weighted by Gasteiger charge is 2.28. The molecule has 0 bridgehead atoms. The molecule has 1 aliphatic heterocycles. The molecule has 7 heteroatoms. The number of hydrogen-bond donors (Lipinski definition) is 1. The van der Waals surface area contributed by atoms with Gasteiger partial charge in [0.25, 0.3) is 0 Å². The zero-order valence-corrected chi connectivity index (χ0v) is 11.9. The van der Waals surface area contributed by atoms with Crippen molar-refractivity contribution in [3.63, 3.8) is 0 Å². The van der Waals surface area contributed by atoms with Crippen molar-refractivity contribution in [1.82, 2.24) is 10.2 Å². The fourth-order valence-electron chi connectivity index (χ4n) is 2.34. The van der Waals surface area contributed by atoms with Crippen molar-refractivity contribution >= 4 is 38.7 Å². The van der Waals surface area contributed by atoms with Gasteiger partial charge in [0.05, 0.1) is 4.88 Å². The number of rotatable bonds is 3. The first-order chi connectivity index (χ1) is 9.24. The zero-order valence-electron chi connectivity index (χ0n) is 10.3. The normalized spacial score (nSPS) is 19.6. The topological polar surface area (TPSA) is 72.1 Å². The van der Waals surface area contributed by atoms with E-state index in [0.717, 1.165) is 29.4 Å². The van der Waals surface area contributed by atoms with Crippen LogP contribution >= 0.6 is 22.7 Å². The van der Waals surface area contributed by atoms with E-state index >= 15 is 0 Å². The zero-order chi connectivity index (χ0) is 13.2. The molecule has 1 atom stereocenters. The molecular formula is C12H14N4OS2. The maximum absolute atomic E-state index is 12.4. The molecule has 1 unspecified atom stereocenters. The molecule has 3 rings (SSSR count). The van der Waals surface area contributed by atoms with E-state index in [4.69, 9.17) is 5.73 Å². The van der Waals surface area contributed by atoms with Gasteiger partial charge in [0.15, 0.2) is 5.78 Å². The number of carbonyl (C=O) groups is 1. The number of Topliss-reactive ketones (excluding diaryl/α,β-unsaturated/α-hetero) is 1. The third-order valence-corrected chi connectivity index (χ3v) is 4.95. The van der Waals surface area contributed by atoms with Crippen LogP contribution in [-0.2, 0) is 0 Å². The predicted molar refractivity (Wildman–Crippen MR) is 77.9 cm³/mol. The summed E-state index contributed by atoms with van der Waals surface area (Å²) in [5, 5.41) is 11.1. The van der Waals surface area contributed by atoms with Gasteiger partial charge in [-0.1, -0.05) is 17.4 Å². The van der Waals surface area contributed by atoms with E-state index in [1.165, 1.54) is 22.7 Å². The molecule has 0 aliphatic carbocycles. The van der Waals surface area contributed by atoms with Crippen LogP contribution < -0.4 is 10.6 Å². The lowest BCUT2D eigenvalue weighted by molar-refractivity contribution is 0.0911. The Hall–Kier alpha value is -1.47. The van der Waals surface area contributed by atoms with E-state index in [9.17, 15) is 4.79 Å². The van der Waals surface area contributed by atoms with Gasteiger partial charge in [-0.05, 0) is 24.3 Å². The molecule has 100 valence electrons. The van der Waals surface area contributed by atoms with Crippen LogP contribution in [0.2, 0.25) is 0 Å². The number of ketones is 1. The van der Waals surface area contributed by atoms with Gasteiger partial charge in [0, 0.05) is 19.0 Å². The van der Waals surface area contributed by atoms with Gasteiger partial charge in [-0.15, -0.1) is 21.5 Å². The minimum Gasteiger partial charge on any atom is -0.374 e. The van der Waals surface area contributed by atoms with Gasteiger partial charge < -0.3 is 10.6 Å². The molecule has 1 saturated heterocycles. The Kier molecular flexibility index (Phi) is 3.48. The molecule has 0 amide bonds. The molecule has 2 aromatic rings. The van der Waals surface area contributed by atoms with Crippen molar-refractivity contribution in [2.75, 3.05) is 23.7 Å². The summed E-state index contributed by atoms with van der Waals surface area (Å²) >= 11 is 2.89. The van der Waals surface area contributed by atoms with E-state index in [1.54, 1.807) is 0 Å². The summed E-state index contributed by atoms with van der Waals surface area (Å²) in [6.45, 7) is 1.63. The molecule has 0 spiro atoms. The Labute approximate surface area is 119 Å². The monoisotopic (exact) mass is 294 g/mol. The lowest BCUT2D eigenvalue weighted by Gasteiger charge is -2.31. The largest absolute Gasteiger partial charge is 0.374 e. The molecule has 3 heterocycles.